The van der Waals surface area contributed by atoms with Crippen LogP contribution in [0.3, 0.4) is 0 Å². The van der Waals surface area contributed by atoms with Gasteiger partial charge < -0.3 is 20.1 Å². The fourth-order valence-corrected chi connectivity index (χ4v) is 3.05. The maximum atomic E-state index is 12.5. The minimum absolute atomic E-state index is 0.0790. The Bertz CT molecular complexity index is 773. The number of ether oxygens (including phenoxy) is 2. The van der Waals surface area contributed by atoms with E-state index in [0.29, 0.717) is 37.2 Å². The first-order valence-electron chi connectivity index (χ1n) is 9.69. The van der Waals surface area contributed by atoms with Crippen molar-refractivity contribution in [2.75, 3.05) is 25.1 Å². The van der Waals surface area contributed by atoms with Crippen LogP contribution in [-0.2, 0) is 9.53 Å². The van der Waals surface area contributed by atoms with Crippen molar-refractivity contribution in [1.82, 2.24) is 5.32 Å². The van der Waals surface area contributed by atoms with Gasteiger partial charge in [-0.3, -0.25) is 9.59 Å². The van der Waals surface area contributed by atoms with Crippen molar-refractivity contribution in [2.24, 2.45) is 0 Å². The van der Waals surface area contributed by atoms with Gasteiger partial charge in [-0.2, -0.15) is 0 Å². The van der Waals surface area contributed by atoms with Crippen LogP contribution in [0.15, 0.2) is 54.6 Å². The van der Waals surface area contributed by atoms with Crippen LogP contribution in [-0.4, -0.2) is 37.7 Å². The third kappa shape index (κ3) is 6.09. The average Bonchev–Trinajstić information content (AvgIpc) is 3.24. The van der Waals surface area contributed by atoms with E-state index in [4.69, 9.17) is 9.47 Å². The Kier molecular flexibility index (Phi) is 7.44. The second-order valence-corrected chi connectivity index (χ2v) is 6.70. The van der Waals surface area contributed by atoms with E-state index in [1.54, 1.807) is 24.3 Å². The normalized spacial score (nSPS) is 15.8. The summed E-state index contributed by atoms with van der Waals surface area (Å²) in [5, 5.41) is 5.72. The van der Waals surface area contributed by atoms with Gasteiger partial charge in [-0.05, 0) is 43.5 Å². The molecule has 1 fully saturated rings. The molecule has 1 aliphatic heterocycles. The molecule has 6 nitrogen and oxygen atoms in total. The van der Waals surface area contributed by atoms with Crippen molar-refractivity contribution >= 4 is 17.5 Å². The summed E-state index contributed by atoms with van der Waals surface area (Å²) >= 11 is 0. The second-order valence-electron chi connectivity index (χ2n) is 6.70. The van der Waals surface area contributed by atoms with Crippen LogP contribution >= 0.6 is 0 Å². The van der Waals surface area contributed by atoms with Gasteiger partial charge in [-0.25, -0.2) is 0 Å². The van der Waals surface area contributed by atoms with Crippen LogP contribution in [0.5, 0.6) is 5.75 Å². The van der Waals surface area contributed by atoms with Crippen LogP contribution in [0.2, 0.25) is 0 Å². The van der Waals surface area contributed by atoms with Gasteiger partial charge in [0.05, 0.1) is 24.0 Å². The van der Waals surface area contributed by atoms with Crippen LogP contribution in [0.1, 0.15) is 36.0 Å². The molecule has 0 aliphatic carbocycles. The fraction of sp³-hybridized carbons (Fsp3) is 0.364. The SMILES string of the molecule is O=C(CCCOc1ccccc1)Nc1ccccc1C(=O)NC[C@H]1CCCO1. The predicted molar refractivity (Wildman–Crippen MR) is 108 cm³/mol. The molecule has 0 unspecified atom stereocenters. The largest absolute Gasteiger partial charge is 0.494 e. The Hall–Kier alpha value is -2.86. The molecule has 148 valence electrons. The molecule has 0 radical (unpaired) electrons. The van der Waals surface area contributed by atoms with Crippen LogP contribution in [0, 0.1) is 0 Å². The first-order chi connectivity index (χ1) is 13.7. The molecule has 1 saturated heterocycles. The zero-order valence-electron chi connectivity index (χ0n) is 15.9. The van der Waals surface area contributed by atoms with Crippen LogP contribution in [0.25, 0.3) is 0 Å². The Morgan fingerprint density at radius 1 is 1.07 bits per heavy atom. The quantitative estimate of drug-likeness (QED) is 0.652. The fourth-order valence-electron chi connectivity index (χ4n) is 3.05. The number of para-hydroxylation sites is 2. The molecule has 1 atom stereocenters. The highest BCUT2D eigenvalue weighted by Crippen LogP contribution is 2.17. The summed E-state index contributed by atoms with van der Waals surface area (Å²) in [5.41, 5.74) is 0.968. The smallest absolute Gasteiger partial charge is 0.253 e. The highest BCUT2D eigenvalue weighted by Gasteiger charge is 2.18. The van der Waals surface area contributed by atoms with Gasteiger partial charge in [0.25, 0.3) is 5.91 Å². The number of carbonyl (C=O) groups excluding carboxylic acids is 2. The van der Waals surface area contributed by atoms with Crippen molar-refractivity contribution in [1.29, 1.82) is 0 Å². The molecule has 1 heterocycles. The number of anilines is 1. The van der Waals surface area contributed by atoms with E-state index in [1.165, 1.54) is 0 Å². The number of benzene rings is 2. The summed E-state index contributed by atoms with van der Waals surface area (Å²) in [4.78, 5) is 24.7. The average molecular weight is 382 g/mol. The lowest BCUT2D eigenvalue weighted by atomic mass is 10.1. The van der Waals surface area contributed by atoms with Crippen molar-refractivity contribution < 1.29 is 19.1 Å². The first-order valence-corrected chi connectivity index (χ1v) is 9.69. The minimum atomic E-state index is -0.209. The van der Waals surface area contributed by atoms with Crippen molar-refractivity contribution in [3.8, 4) is 5.75 Å². The predicted octanol–water partition coefficient (Wildman–Crippen LogP) is 3.39. The van der Waals surface area contributed by atoms with E-state index in [9.17, 15) is 9.59 Å². The molecule has 3 rings (SSSR count). The zero-order valence-corrected chi connectivity index (χ0v) is 15.9. The molecule has 2 aromatic rings. The Morgan fingerprint density at radius 3 is 2.64 bits per heavy atom. The van der Waals surface area contributed by atoms with Gasteiger partial charge >= 0.3 is 0 Å². The summed E-state index contributed by atoms with van der Waals surface area (Å²) in [7, 11) is 0. The highest BCUT2D eigenvalue weighted by atomic mass is 16.5. The molecule has 2 aromatic carbocycles. The second kappa shape index (κ2) is 10.5. The third-order valence-electron chi connectivity index (χ3n) is 4.52. The van der Waals surface area contributed by atoms with Crippen molar-refractivity contribution in [2.45, 2.75) is 31.8 Å². The summed E-state index contributed by atoms with van der Waals surface area (Å²) in [5.74, 6) is 0.436. The van der Waals surface area contributed by atoms with E-state index >= 15 is 0 Å². The van der Waals surface area contributed by atoms with Gasteiger partial charge in [-0.15, -0.1) is 0 Å². The van der Waals surface area contributed by atoms with Crippen molar-refractivity contribution in [3.63, 3.8) is 0 Å². The molecule has 6 heteroatoms. The van der Waals surface area contributed by atoms with Gasteiger partial charge in [0.15, 0.2) is 0 Å². The number of nitrogens with one attached hydrogen (secondary N) is 2. The van der Waals surface area contributed by atoms with E-state index in [2.05, 4.69) is 10.6 Å². The maximum absolute atomic E-state index is 12.5. The van der Waals surface area contributed by atoms with Gasteiger partial charge in [-0.1, -0.05) is 30.3 Å². The van der Waals surface area contributed by atoms with E-state index in [1.807, 2.05) is 30.3 Å². The van der Waals surface area contributed by atoms with Crippen LogP contribution in [0.4, 0.5) is 5.69 Å². The summed E-state index contributed by atoms with van der Waals surface area (Å²) in [6.07, 6.45) is 2.98. The standard InChI is InChI=1S/C22H26N2O4/c25-21(13-7-15-27-17-8-2-1-3-9-17)24-20-12-5-4-11-19(20)22(26)23-16-18-10-6-14-28-18/h1-5,8-9,11-12,18H,6-7,10,13-16H2,(H,23,26)(H,24,25)/t18-/m1/s1. The Morgan fingerprint density at radius 2 is 1.86 bits per heavy atom. The first kappa shape index (κ1) is 19.9. The minimum Gasteiger partial charge on any atom is -0.494 e. The van der Waals surface area contributed by atoms with Crippen molar-refractivity contribution in [3.05, 3.63) is 60.2 Å². The Labute approximate surface area is 165 Å². The zero-order chi connectivity index (χ0) is 19.6. The van der Waals surface area contributed by atoms with Gasteiger partial charge in [0.1, 0.15) is 5.75 Å². The molecule has 0 spiro atoms. The van der Waals surface area contributed by atoms with E-state index in [0.717, 1.165) is 25.2 Å². The number of amides is 2. The molecule has 2 N–H and O–H groups in total. The van der Waals surface area contributed by atoms with E-state index < -0.39 is 0 Å². The monoisotopic (exact) mass is 382 g/mol. The molecule has 28 heavy (non-hydrogen) atoms. The lowest BCUT2D eigenvalue weighted by Crippen LogP contribution is -2.32. The Balaban J connectivity index is 1.45. The van der Waals surface area contributed by atoms with E-state index in [-0.39, 0.29) is 17.9 Å². The number of carbonyl (C=O) groups is 2. The summed E-state index contributed by atoms with van der Waals surface area (Å²) < 4.78 is 11.1. The van der Waals surface area contributed by atoms with Crippen LogP contribution < -0.4 is 15.4 Å². The van der Waals surface area contributed by atoms with Gasteiger partial charge in [0.2, 0.25) is 5.91 Å². The van der Waals surface area contributed by atoms with Gasteiger partial charge in [0, 0.05) is 19.6 Å². The number of hydrogen-bond donors (Lipinski definition) is 2. The molecule has 0 bridgehead atoms. The number of rotatable bonds is 9. The molecular weight excluding hydrogens is 356 g/mol. The lowest BCUT2D eigenvalue weighted by molar-refractivity contribution is -0.116. The summed E-state index contributed by atoms with van der Waals surface area (Å²) in [6.45, 7) is 1.69. The summed E-state index contributed by atoms with van der Waals surface area (Å²) in [6, 6.07) is 16.5. The molecule has 0 saturated carbocycles. The lowest BCUT2D eigenvalue weighted by Gasteiger charge is -2.14. The topological polar surface area (TPSA) is 76.7 Å². The molecule has 1 aliphatic rings. The molecule has 2 amide bonds. The molecule has 0 aromatic heterocycles. The third-order valence-corrected chi connectivity index (χ3v) is 4.52. The number of hydrogen-bond acceptors (Lipinski definition) is 4. The maximum Gasteiger partial charge on any atom is 0.253 e. The highest BCUT2D eigenvalue weighted by molar-refractivity contribution is 6.03. The molecular formula is C22H26N2O4.